The minimum Gasteiger partial charge on any atom is -0.370 e. The smallest absolute Gasteiger partial charge is 0.370 e. The third-order valence-corrected chi connectivity index (χ3v) is 3.36. The lowest BCUT2D eigenvalue weighted by Crippen LogP contribution is -2.38. The van der Waals surface area contributed by atoms with Crippen LogP contribution < -0.4 is 10.6 Å². The number of hydrogen-bond acceptors (Lipinski definition) is 4. The first-order valence-electron chi connectivity index (χ1n) is 7.91. The Labute approximate surface area is 147 Å². The number of aromatic nitrogens is 2. The summed E-state index contributed by atoms with van der Waals surface area (Å²) in [4.78, 5) is 23.8. The minimum atomic E-state index is -4.40. The van der Waals surface area contributed by atoms with Crippen LogP contribution in [0.5, 0.6) is 0 Å². The number of hydrogen-bond donors (Lipinski definition) is 3. The van der Waals surface area contributed by atoms with E-state index in [1.165, 1.54) is 6.92 Å². The number of fused-ring (bicyclic) bond motifs is 1. The number of carbonyl (C=O) groups is 2. The maximum atomic E-state index is 12.1. The van der Waals surface area contributed by atoms with Crippen molar-refractivity contribution in [3.63, 3.8) is 0 Å². The van der Waals surface area contributed by atoms with Gasteiger partial charge in [0, 0.05) is 24.4 Å². The highest BCUT2D eigenvalue weighted by Crippen LogP contribution is 2.15. The molecule has 1 aromatic heterocycles. The zero-order valence-corrected chi connectivity index (χ0v) is 14.0. The average molecular weight is 372 g/mol. The van der Waals surface area contributed by atoms with Crippen molar-refractivity contribution in [1.82, 2.24) is 20.8 Å². The first-order chi connectivity index (χ1) is 12.3. The molecule has 0 saturated carbocycles. The molecule has 2 aromatic rings. The number of para-hydroxylation sites is 1. The van der Waals surface area contributed by atoms with Gasteiger partial charge in [0.2, 0.25) is 5.91 Å². The number of alkyl halides is 3. The SMILES string of the molecule is CC(COCC(F)(F)F)NC(=O)CCNC(=O)c1n[nH]c2ccccc12. The predicted molar refractivity (Wildman–Crippen MR) is 87.5 cm³/mol. The van der Waals surface area contributed by atoms with Crippen LogP contribution in [0, 0.1) is 0 Å². The van der Waals surface area contributed by atoms with Crippen molar-refractivity contribution in [2.75, 3.05) is 19.8 Å². The van der Waals surface area contributed by atoms with E-state index < -0.39 is 30.6 Å². The molecule has 0 aliphatic rings. The number of nitrogens with zero attached hydrogens (tertiary/aromatic N) is 1. The largest absolute Gasteiger partial charge is 0.411 e. The maximum absolute atomic E-state index is 12.1. The van der Waals surface area contributed by atoms with Gasteiger partial charge in [-0.15, -0.1) is 0 Å². The molecule has 10 heteroatoms. The van der Waals surface area contributed by atoms with Gasteiger partial charge in [-0.2, -0.15) is 18.3 Å². The normalized spacial score (nSPS) is 12.8. The van der Waals surface area contributed by atoms with Crippen LogP contribution >= 0.6 is 0 Å². The summed E-state index contributed by atoms with van der Waals surface area (Å²) in [5, 5.41) is 12.4. The Morgan fingerprint density at radius 2 is 2.04 bits per heavy atom. The van der Waals surface area contributed by atoms with Gasteiger partial charge in [-0.1, -0.05) is 18.2 Å². The summed E-state index contributed by atoms with van der Waals surface area (Å²) >= 11 is 0. The lowest BCUT2D eigenvalue weighted by Gasteiger charge is -2.15. The van der Waals surface area contributed by atoms with Gasteiger partial charge in [0.05, 0.1) is 12.1 Å². The molecular weight excluding hydrogens is 353 g/mol. The number of amides is 2. The molecule has 2 amide bonds. The fraction of sp³-hybridized carbons (Fsp3) is 0.438. The molecule has 142 valence electrons. The van der Waals surface area contributed by atoms with Gasteiger partial charge in [0.15, 0.2) is 5.69 Å². The molecule has 7 nitrogen and oxygen atoms in total. The number of benzene rings is 1. The molecular formula is C16H19F3N4O3. The zero-order valence-electron chi connectivity index (χ0n) is 14.0. The zero-order chi connectivity index (χ0) is 19.2. The highest BCUT2D eigenvalue weighted by Gasteiger charge is 2.27. The molecule has 0 saturated heterocycles. The molecule has 1 aromatic carbocycles. The van der Waals surface area contributed by atoms with Crippen LogP contribution in [0.4, 0.5) is 13.2 Å². The molecule has 0 bridgehead atoms. The van der Waals surface area contributed by atoms with Crippen molar-refractivity contribution >= 4 is 22.7 Å². The quantitative estimate of drug-likeness (QED) is 0.658. The van der Waals surface area contributed by atoms with E-state index in [1.54, 1.807) is 18.2 Å². The summed E-state index contributed by atoms with van der Waals surface area (Å²) in [7, 11) is 0. The van der Waals surface area contributed by atoms with Crippen LogP contribution in [0.3, 0.4) is 0 Å². The summed E-state index contributed by atoms with van der Waals surface area (Å²) in [6.07, 6.45) is -4.41. The van der Waals surface area contributed by atoms with Gasteiger partial charge < -0.3 is 15.4 Å². The fourth-order valence-corrected chi connectivity index (χ4v) is 2.25. The lowest BCUT2D eigenvalue weighted by atomic mass is 10.2. The third kappa shape index (κ3) is 6.03. The highest BCUT2D eigenvalue weighted by atomic mass is 19.4. The molecule has 0 fully saturated rings. The van der Waals surface area contributed by atoms with Crippen molar-refractivity contribution < 1.29 is 27.5 Å². The number of rotatable bonds is 8. The summed E-state index contributed by atoms with van der Waals surface area (Å²) in [5.41, 5.74) is 0.956. The van der Waals surface area contributed by atoms with E-state index in [1.807, 2.05) is 6.07 Å². The number of nitrogens with one attached hydrogen (secondary N) is 3. The Bertz CT molecular complexity index is 761. The van der Waals surface area contributed by atoms with Crippen LogP contribution in [-0.2, 0) is 9.53 Å². The van der Waals surface area contributed by atoms with E-state index in [0.717, 1.165) is 5.52 Å². The number of H-pyrrole nitrogens is 1. The number of halogens is 3. The van der Waals surface area contributed by atoms with Crippen LogP contribution in [0.2, 0.25) is 0 Å². The van der Waals surface area contributed by atoms with Crippen LogP contribution in [0.25, 0.3) is 10.9 Å². The van der Waals surface area contributed by atoms with E-state index in [9.17, 15) is 22.8 Å². The van der Waals surface area contributed by atoms with E-state index in [0.29, 0.717) is 5.39 Å². The van der Waals surface area contributed by atoms with Crippen LogP contribution in [0.15, 0.2) is 24.3 Å². The van der Waals surface area contributed by atoms with E-state index in [4.69, 9.17) is 0 Å². The predicted octanol–water partition coefficient (Wildman–Crippen LogP) is 1.77. The second kappa shape index (κ2) is 8.65. The average Bonchev–Trinajstić information content (AvgIpc) is 2.97. The third-order valence-electron chi connectivity index (χ3n) is 3.36. The van der Waals surface area contributed by atoms with Gasteiger partial charge in [-0.3, -0.25) is 14.7 Å². The Morgan fingerprint density at radius 1 is 1.31 bits per heavy atom. The number of ether oxygens (including phenoxy) is 1. The molecule has 0 spiro atoms. The van der Waals surface area contributed by atoms with Crippen molar-refractivity contribution in [3.05, 3.63) is 30.0 Å². The first kappa shape index (κ1) is 19.7. The summed E-state index contributed by atoms with van der Waals surface area (Å²) in [6.45, 7) is -0.0115. The molecule has 1 unspecified atom stereocenters. The van der Waals surface area contributed by atoms with Crippen molar-refractivity contribution in [1.29, 1.82) is 0 Å². The van der Waals surface area contributed by atoms with Crippen molar-refractivity contribution in [2.24, 2.45) is 0 Å². The molecule has 3 N–H and O–H groups in total. The molecule has 0 aliphatic heterocycles. The van der Waals surface area contributed by atoms with Gasteiger partial charge in [-0.25, -0.2) is 0 Å². The Morgan fingerprint density at radius 3 is 2.77 bits per heavy atom. The molecule has 2 rings (SSSR count). The van der Waals surface area contributed by atoms with Crippen LogP contribution in [-0.4, -0.2) is 54.0 Å². The molecule has 0 radical (unpaired) electrons. The molecule has 1 heterocycles. The highest BCUT2D eigenvalue weighted by molar-refractivity contribution is 6.04. The van der Waals surface area contributed by atoms with Gasteiger partial charge >= 0.3 is 6.18 Å². The van der Waals surface area contributed by atoms with Crippen LogP contribution in [0.1, 0.15) is 23.8 Å². The Kier molecular flexibility index (Phi) is 6.56. The summed E-state index contributed by atoms with van der Waals surface area (Å²) < 4.78 is 40.4. The minimum absolute atomic E-state index is 0.0162. The van der Waals surface area contributed by atoms with E-state index in [2.05, 4.69) is 25.6 Å². The monoisotopic (exact) mass is 372 g/mol. The Hall–Kier alpha value is -2.62. The second-order valence-corrected chi connectivity index (χ2v) is 5.72. The van der Waals surface area contributed by atoms with E-state index >= 15 is 0 Å². The molecule has 0 aliphatic carbocycles. The summed E-state index contributed by atoms with van der Waals surface area (Å²) in [5.74, 6) is -0.822. The van der Waals surface area contributed by atoms with E-state index in [-0.39, 0.29) is 25.3 Å². The topological polar surface area (TPSA) is 96.1 Å². The lowest BCUT2D eigenvalue weighted by molar-refractivity contribution is -0.175. The van der Waals surface area contributed by atoms with Crippen molar-refractivity contribution in [3.8, 4) is 0 Å². The van der Waals surface area contributed by atoms with Gasteiger partial charge in [-0.05, 0) is 13.0 Å². The second-order valence-electron chi connectivity index (χ2n) is 5.72. The maximum Gasteiger partial charge on any atom is 0.411 e. The number of aromatic amines is 1. The standard InChI is InChI=1S/C16H19F3N4O3/c1-10(8-26-9-16(17,18)19)21-13(24)6-7-20-15(25)14-11-4-2-3-5-12(11)22-23-14/h2-5,10H,6-9H2,1H3,(H,20,25)(H,21,24)(H,22,23). The Balaban J connectivity index is 1.70. The summed E-state index contributed by atoms with van der Waals surface area (Å²) in [6, 6.07) is 6.56. The van der Waals surface area contributed by atoms with Gasteiger partial charge in [0.1, 0.15) is 6.61 Å². The molecule has 1 atom stereocenters. The molecule has 26 heavy (non-hydrogen) atoms. The number of carbonyl (C=O) groups excluding carboxylic acids is 2. The fourth-order valence-electron chi connectivity index (χ4n) is 2.25. The van der Waals surface area contributed by atoms with Gasteiger partial charge in [0.25, 0.3) is 5.91 Å². The van der Waals surface area contributed by atoms with Crippen molar-refractivity contribution in [2.45, 2.75) is 25.6 Å². The first-order valence-corrected chi connectivity index (χ1v) is 7.91.